The van der Waals surface area contributed by atoms with Crippen LogP contribution < -0.4 is 10.1 Å². The summed E-state index contributed by atoms with van der Waals surface area (Å²) in [5, 5.41) is 6.07. The van der Waals surface area contributed by atoms with Gasteiger partial charge in [0, 0.05) is 24.5 Å². The molecule has 1 aliphatic heterocycles. The minimum absolute atomic E-state index is 0.0168. The van der Waals surface area contributed by atoms with Crippen molar-refractivity contribution in [1.29, 1.82) is 0 Å². The van der Waals surface area contributed by atoms with Crippen LogP contribution in [0.2, 0.25) is 0 Å². The highest BCUT2D eigenvalue weighted by molar-refractivity contribution is 5.89. The van der Waals surface area contributed by atoms with Gasteiger partial charge in [-0.2, -0.15) is 0 Å². The molecule has 7 atom stereocenters. The van der Waals surface area contributed by atoms with Crippen molar-refractivity contribution in [1.82, 2.24) is 10.2 Å². The number of para-hydroxylation sites is 1. The Morgan fingerprint density at radius 2 is 1.91 bits per heavy atom. The number of nitroso groups, excluding NO2 is 1. The van der Waals surface area contributed by atoms with Crippen molar-refractivity contribution in [3.05, 3.63) is 41.3 Å². The summed E-state index contributed by atoms with van der Waals surface area (Å²) >= 11 is 0. The average molecular weight is 452 g/mol. The normalized spacial score (nSPS) is 39.3. The van der Waals surface area contributed by atoms with E-state index in [2.05, 4.69) is 30.4 Å². The van der Waals surface area contributed by atoms with Crippen molar-refractivity contribution >= 4 is 17.7 Å². The Balaban J connectivity index is 1.32. The number of rotatable bonds is 3. The second kappa shape index (κ2) is 7.96. The predicted molar refractivity (Wildman–Crippen MR) is 125 cm³/mol. The van der Waals surface area contributed by atoms with Gasteiger partial charge in [-0.05, 0) is 85.1 Å². The summed E-state index contributed by atoms with van der Waals surface area (Å²) in [5.74, 6) is 1.99. The maximum absolute atomic E-state index is 12.7. The van der Waals surface area contributed by atoms with E-state index in [9.17, 15) is 14.5 Å². The summed E-state index contributed by atoms with van der Waals surface area (Å²) in [4.78, 5) is 37.9. The largest absolute Gasteiger partial charge is 0.412 e. The summed E-state index contributed by atoms with van der Waals surface area (Å²) in [7, 11) is 1.95. The number of nitrogens with zero attached hydrogens (tertiary/aromatic N) is 2. The van der Waals surface area contributed by atoms with Gasteiger partial charge in [-0.3, -0.25) is 4.79 Å². The van der Waals surface area contributed by atoms with E-state index in [1.54, 1.807) is 24.3 Å². The van der Waals surface area contributed by atoms with Gasteiger partial charge >= 0.3 is 6.09 Å². The zero-order chi connectivity index (χ0) is 23.4. The van der Waals surface area contributed by atoms with Crippen LogP contribution in [-0.4, -0.2) is 36.0 Å². The van der Waals surface area contributed by atoms with E-state index < -0.39 is 6.09 Å². The molecule has 0 saturated heterocycles. The predicted octanol–water partition coefficient (Wildman–Crippen LogP) is 5.18. The van der Waals surface area contributed by atoms with Crippen LogP contribution in [-0.2, 0) is 4.79 Å². The molecule has 3 aliphatic carbocycles. The van der Waals surface area contributed by atoms with E-state index in [4.69, 9.17) is 4.74 Å². The minimum Gasteiger partial charge on any atom is -0.408 e. The Bertz CT molecular complexity index is 1010. The van der Waals surface area contributed by atoms with Gasteiger partial charge in [-0.1, -0.05) is 32.1 Å². The molecule has 1 heterocycles. The smallest absolute Gasteiger partial charge is 0.408 e. The first-order valence-corrected chi connectivity index (χ1v) is 12.1. The molecule has 0 unspecified atom stereocenters. The van der Waals surface area contributed by atoms with Crippen molar-refractivity contribution in [2.24, 2.45) is 33.8 Å². The molecule has 7 heteroatoms. The van der Waals surface area contributed by atoms with Gasteiger partial charge in [-0.25, -0.2) is 4.79 Å². The molecule has 0 spiro atoms. The molecule has 1 aromatic rings. The first-order valence-electron chi connectivity index (χ1n) is 12.1. The molecule has 0 aromatic heterocycles. The SMILES string of the molecule is CN1C(=O)C=C[C@]2(C)[C@H]3CC[C@]4(C)[C@@H](NC(=O)Oc5ccccc5N=O)CC[C@H]4[C@@H]3CC[C@@H]12. The van der Waals surface area contributed by atoms with Crippen LogP contribution in [0.15, 0.2) is 41.6 Å². The maximum Gasteiger partial charge on any atom is 0.412 e. The number of ether oxygens (including phenoxy) is 1. The average Bonchev–Trinajstić information content (AvgIpc) is 3.13. The van der Waals surface area contributed by atoms with E-state index in [1.165, 1.54) is 6.07 Å². The Morgan fingerprint density at radius 1 is 1.12 bits per heavy atom. The third kappa shape index (κ3) is 3.39. The fourth-order valence-corrected chi connectivity index (χ4v) is 7.87. The lowest BCUT2D eigenvalue weighted by atomic mass is 9.48. The number of hydrogen-bond acceptors (Lipinski definition) is 5. The van der Waals surface area contributed by atoms with E-state index in [0.29, 0.717) is 17.8 Å². The molecule has 5 rings (SSSR count). The van der Waals surface area contributed by atoms with Crippen molar-refractivity contribution in [3.63, 3.8) is 0 Å². The van der Waals surface area contributed by atoms with Gasteiger partial charge in [0.05, 0.1) is 0 Å². The van der Waals surface area contributed by atoms with Crippen LogP contribution in [0, 0.1) is 33.5 Å². The molecule has 1 N–H and O–H groups in total. The van der Waals surface area contributed by atoms with E-state index >= 15 is 0 Å². The lowest BCUT2D eigenvalue weighted by Crippen LogP contribution is -2.60. The maximum atomic E-state index is 12.7. The molecule has 176 valence electrons. The molecular formula is C26H33N3O4. The Morgan fingerprint density at radius 3 is 2.70 bits per heavy atom. The topological polar surface area (TPSA) is 88.1 Å². The minimum atomic E-state index is -0.522. The molecule has 33 heavy (non-hydrogen) atoms. The molecule has 3 fully saturated rings. The molecule has 4 aliphatic rings. The van der Waals surface area contributed by atoms with Crippen molar-refractivity contribution in [2.45, 2.75) is 64.5 Å². The fraction of sp³-hybridized carbons (Fsp3) is 0.615. The molecule has 1 aromatic carbocycles. The van der Waals surface area contributed by atoms with Gasteiger partial charge in [-0.15, -0.1) is 4.91 Å². The second-order valence-corrected chi connectivity index (χ2v) is 10.9. The number of carbonyl (C=O) groups excluding carboxylic acids is 2. The number of amides is 2. The summed E-state index contributed by atoms with van der Waals surface area (Å²) in [5.41, 5.74) is 0.159. The lowest BCUT2D eigenvalue weighted by molar-refractivity contribution is -0.138. The van der Waals surface area contributed by atoms with Crippen LogP contribution in [0.3, 0.4) is 0 Å². The van der Waals surface area contributed by atoms with Gasteiger partial charge in [0.1, 0.15) is 0 Å². The van der Waals surface area contributed by atoms with E-state index in [0.717, 1.165) is 38.5 Å². The Labute approximate surface area is 194 Å². The Hall–Kier alpha value is -2.70. The summed E-state index contributed by atoms with van der Waals surface area (Å²) in [6, 6.07) is 6.84. The monoisotopic (exact) mass is 451 g/mol. The van der Waals surface area contributed by atoms with Gasteiger partial charge in [0.15, 0.2) is 11.4 Å². The number of hydrogen-bond donors (Lipinski definition) is 1. The first-order chi connectivity index (χ1) is 15.8. The third-order valence-electron chi connectivity index (χ3n) is 9.59. The number of benzene rings is 1. The van der Waals surface area contributed by atoms with Crippen LogP contribution in [0.1, 0.15) is 52.4 Å². The summed E-state index contributed by atoms with van der Waals surface area (Å²) in [6.45, 7) is 4.67. The van der Waals surface area contributed by atoms with Gasteiger partial charge < -0.3 is 15.0 Å². The zero-order valence-electron chi connectivity index (χ0n) is 19.6. The second-order valence-electron chi connectivity index (χ2n) is 10.9. The van der Waals surface area contributed by atoms with Crippen LogP contribution in [0.4, 0.5) is 10.5 Å². The fourth-order valence-electron chi connectivity index (χ4n) is 7.87. The number of fused-ring (bicyclic) bond motifs is 5. The van der Waals surface area contributed by atoms with Crippen molar-refractivity contribution in [2.75, 3.05) is 7.05 Å². The van der Waals surface area contributed by atoms with Crippen LogP contribution in [0.5, 0.6) is 5.75 Å². The standard InChI is InChI=1S/C26H33N3O4/c1-25-14-12-18-16(8-11-22-26(18,2)15-13-23(30)29(22)3)17(25)9-10-21(25)27-24(31)33-20-7-5-4-6-19(20)28-32/h4-7,13,15-18,21-22H,8-12,14H2,1-3H3,(H,27,31)/t16-,17-,18-,21-,22+,25-,26+/m0/s1. The number of carbonyl (C=O) groups is 2. The van der Waals surface area contributed by atoms with E-state index in [-0.39, 0.29) is 40.3 Å². The zero-order valence-corrected chi connectivity index (χ0v) is 19.6. The van der Waals surface area contributed by atoms with E-state index in [1.807, 2.05) is 11.9 Å². The molecule has 0 bridgehead atoms. The molecule has 2 amide bonds. The highest BCUT2D eigenvalue weighted by atomic mass is 16.6. The molecular weight excluding hydrogens is 418 g/mol. The van der Waals surface area contributed by atoms with Gasteiger partial charge in [0.25, 0.3) is 0 Å². The van der Waals surface area contributed by atoms with Crippen LogP contribution >= 0.6 is 0 Å². The molecule has 0 radical (unpaired) electrons. The summed E-state index contributed by atoms with van der Waals surface area (Å²) in [6.07, 6.45) is 9.78. The first kappa shape index (κ1) is 22.1. The third-order valence-corrected chi connectivity index (χ3v) is 9.59. The number of nitrogens with one attached hydrogen (secondary N) is 1. The van der Waals surface area contributed by atoms with Gasteiger partial charge in [0.2, 0.25) is 5.91 Å². The Kier molecular flexibility index (Phi) is 5.33. The summed E-state index contributed by atoms with van der Waals surface area (Å²) < 4.78 is 5.45. The number of likely N-dealkylation sites (N-methyl/N-ethyl adjacent to an activating group) is 1. The molecule has 7 nitrogen and oxygen atoms in total. The quantitative estimate of drug-likeness (QED) is 0.641. The highest BCUT2D eigenvalue weighted by Gasteiger charge is 2.60. The van der Waals surface area contributed by atoms with Crippen molar-refractivity contribution < 1.29 is 14.3 Å². The lowest BCUT2D eigenvalue weighted by Gasteiger charge is -2.60. The molecule has 3 saturated carbocycles. The van der Waals surface area contributed by atoms with Crippen molar-refractivity contribution in [3.8, 4) is 5.75 Å². The highest BCUT2D eigenvalue weighted by Crippen LogP contribution is 2.63. The van der Waals surface area contributed by atoms with Crippen LogP contribution in [0.25, 0.3) is 0 Å².